The smallest absolute Gasteiger partial charge is 0.115 e. The van der Waals surface area contributed by atoms with Gasteiger partial charge in [-0.2, -0.15) is 0 Å². The van der Waals surface area contributed by atoms with Gasteiger partial charge >= 0.3 is 0 Å². The quantitative estimate of drug-likeness (QED) is 0.730. The standard InChI is InChI=1S/C11H12N2.C4H4N2.C2H6/c1-8-5-6-13-11-4-3-9(12-2)7-10(8)11;1-2-5-4-6-3-1;1-2/h3-7,12H,1-2H3;1-4H;1-2H3. The number of aryl methyl sites for hydroxylation is 1. The number of hydrogen-bond acceptors (Lipinski definition) is 4. The monoisotopic (exact) mass is 282 g/mol. The fourth-order valence-electron chi connectivity index (χ4n) is 1.69. The molecule has 0 aliphatic heterocycles. The molecule has 4 heteroatoms. The molecular weight excluding hydrogens is 260 g/mol. The summed E-state index contributed by atoms with van der Waals surface area (Å²) in [5.41, 5.74) is 3.45. The Morgan fingerprint density at radius 2 is 1.67 bits per heavy atom. The van der Waals surface area contributed by atoms with Crippen LogP contribution in [0, 0.1) is 6.92 Å². The van der Waals surface area contributed by atoms with E-state index in [0.29, 0.717) is 0 Å². The molecule has 0 atom stereocenters. The average Bonchev–Trinajstić information content (AvgIpc) is 2.59. The molecule has 0 saturated heterocycles. The van der Waals surface area contributed by atoms with Crippen molar-refractivity contribution in [3.63, 3.8) is 0 Å². The zero-order valence-electron chi connectivity index (χ0n) is 13.0. The van der Waals surface area contributed by atoms with Gasteiger partial charge in [-0.15, -0.1) is 0 Å². The molecule has 0 spiro atoms. The van der Waals surface area contributed by atoms with Crippen molar-refractivity contribution in [3.05, 3.63) is 60.8 Å². The number of aromatic nitrogens is 3. The van der Waals surface area contributed by atoms with E-state index in [1.165, 1.54) is 17.3 Å². The second-order valence-electron chi connectivity index (χ2n) is 4.01. The lowest BCUT2D eigenvalue weighted by Gasteiger charge is -2.03. The molecule has 0 aliphatic rings. The minimum Gasteiger partial charge on any atom is -0.388 e. The van der Waals surface area contributed by atoms with E-state index in [2.05, 4.69) is 33.3 Å². The predicted molar refractivity (Wildman–Crippen MR) is 89.4 cm³/mol. The first kappa shape index (κ1) is 16.6. The molecule has 110 valence electrons. The third kappa shape index (κ3) is 5.18. The van der Waals surface area contributed by atoms with Crippen molar-refractivity contribution in [2.24, 2.45) is 0 Å². The first-order chi connectivity index (χ1) is 10.3. The predicted octanol–water partition coefficient (Wildman–Crippen LogP) is 4.09. The number of pyridine rings is 1. The Morgan fingerprint density at radius 3 is 2.19 bits per heavy atom. The summed E-state index contributed by atoms with van der Waals surface area (Å²) in [6.07, 6.45) is 6.72. The average molecular weight is 282 g/mol. The van der Waals surface area contributed by atoms with Crippen molar-refractivity contribution in [3.8, 4) is 0 Å². The molecule has 0 radical (unpaired) electrons. The first-order valence-electron chi connectivity index (χ1n) is 7.04. The molecule has 4 nitrogen and oxygen atoms in total. The van der Waals surface area contributed by atoms with Gasteiger partial charge in [0.05, 0.1) is 5.52 Å². The Hall–Kier alpha value is -2.49. The number of nitrogens with one attached hydrogen (secondary N) is 1. The van der Waals surface area contributed by atoms with E-state index in [1.54, 1.807) is 18.5 Å². The molecular formula is C17H22N4. The van der Waals surface area contributed by atoms with Gasteiger partial charge in [-0.05, 0) is 42.8 Å². The Labute approximate surface area is 126 Å². The lowest BCUT2D eigenvalue weighted by molar-refractivity contribution is 1.17. The van der Waals surface area contributed by atoms with Crippen molar-refractivity contribution in [2.75, 3.05) is 12.4 Å². The Bertz CT molecular complexity index is 612. The van der Waals surface area contributed by atoms with Gasteiger partial charge in [0.15, 0.2) is 0 Å². The van der Waals surface area contributed by atoms with Crippen molar-refractivity contribution in [1.82, 2.24) is 15.0 Å². The van der Waals surface area contributed by atoms with Crippen LogP contribution in [0.4, 0.5) is 5.69 Å². The summed E-state index contributed by atoms with van der Waals surface area (Å²) in [5.74, 6) is 0. The Kier molecular flexibility index (Phi) is 7.43. The van der Waals surface area contributed by atoms with Gasteiger partial charge in [0.2, 0.25) is 0 Å². The molecule has 3 rings (SSSR count). The van der Waals surface area contributed by atoms with Crippen LogP contribution in [0.3, 0.4) is 0 Å². The van der Waals surface area contributed by atoms with Gasteiger partial charge in [0, 0.05) is 36.7 Å². The maximum Gasteiger partial charge on any atom is 0.115 e. The molecule has 3 aromatic rings. The van der Waals surface area contributed by atoms with Crippen LogP contribution in [-0.4, -0.2) is 22.0 Å². The number of nitrogens with zero attached hydrogens (tertiary/aromatic N) is 3. The second-order valence-corrected chi connectivity index (χ2v) is 4.01. The van der Waals surface area contributed by atoms with Crippen molar-refractivity contribution < 1.29 is 0 Å². The van der Waals surface area contributed by atoms with E-state index >= 15 is 0 Å². The summed E-state index contributed by atoms with van der Waals surface area (Å²) >= 11 is 0. The molecule has 21 heavy (non-hydrogen) atoms. The lowest BCUT2D eigenvalue weighted by Crippen LogP contribution is -1.89. The van der Waals surface area contributed by atoms with E-state index in [9.17, 15) is 0 Å². The summed E-state index contributed by atoms with van der Waals surface area (Å²) in [4.78, 5) is 11.6. The highest BCUT2D eigenvalue weighted by molar-refractivity contribution is 5.85. The van der Waals surface area contributed by atoms with Crippen LogP contribution in [0.1, 0.15) is 19.4 Å². The van der Waals surface area contributed by atoms with E-state index in [4.69, 9.17) is 0 Å². The molecule has 2 aromatic heterocycles. The molecule has 0 bridgehead atoms. The van der Waals surface area contributed by atoms with Crippen LogP contribution in [0.15, 0.2) is 55.2 Å². The summed E-state index contributed by atoms with van der Waals surface area (Å²) in [6, 6.07) is 10.0. The van der Waals surface area contributed by atoms with Crippen LogP contribution in [0.25, 0.3) is 10.9 Å². The maximum absolute atomic E-state index is 4.29. The number of rotatable bonds is 1. The van der Waals surface area contributed by atoms with Crippen LogP contribution >= 0.6 is 0 Å². The number of hydrogen-bond donors (Lipinski definition) is 1. The van der Waals surface area contributed by atoms with Gasteiger partial charge < -0.3 is 5.32 Å². The zero-order valence-corrected chi connectivity index (χ0v) is 13.0. The highest BCUT2D eigenvalue weighted by Crippen LogP contribution is 2.19. The molecule has 0 amide bonds. The summed E-state index contributed by atoms with van der Waals surface area (Å²) in [7, 11) is 1.92. The molecule has 1 N–H and O–H groups in total. The van der Waals surface area contributed by atoms with Gasteiger partial charge in [-0.3, -0.25) is 4.98 Å². The summed E-state index contributed by atoms with van der Waals surface area (Å²) < 4.78 is 0. The fourth-order valence-corrected chi connectivity index (χ4v) is 1.69. The van der Waals surface area contributed by atoms with E-state index in [0.717, 1.165) is 11.2 Å². The van der Waals surface area contributed by atoms with Crippen molar-refractivity contribution >= 4 is 16.6 Å². The molecule has 1 aromatic carbocycles. The molecule has 0 fully saturated rings. The van der Waals surface area contributed by atoms with Crippen LogP contribution in [0.2, 0.25) is 0 Å². The fraction of sp³-hybridized carbons (Fsp3) is 0.235. The minimum atomic E-state index is 1.05. The van der Waals surface area contributed by atoms with Crippen molar-refractivity contribution in [2.45, 2.75) is 20.8 Å². The SMILES string of the molecule is CC.CNc1ccc2nccc(C)c2c1.c1cncnc1. The van der Waals surface area contributed by atoms with E-state index in [-0.39, 0.29) is 0 Å². The first-order valence-corrected chi connectivity index (χ1v) is 7.04. The minimum absolute atomic E-state index is 1.05. The van der Waals surface area contributed by atoms with Gasteiger partial charge in [0.25, 0.3) is 0 Å². The largest absolute Gasteiger partial charge is 0.388 e. The Morgan fingerprint density at radius 1 is 0.952 bits per heavy atom. The van der Waals surface area contributed by atoms with E-state index < -0.39 is 0 Å². The molecule has 0 unspecified atom stereocenters. The molecule has 0 aliphatic carbocycles. The molecule has 0 saturated carbocycles. The summed E-state index contributed by atoms with van der Waals surface area (Å²) in [6.45, 7) is 6.10. The summed E-state index contributed by atoms with van der Waals surface area (Å²) in [5, 5.41) is 4.34. The lowest BCUT2D eigenvalue weighted by atomic mass is 10.1. The number of fused-ring (bicyclic) bond motifs is 1. The maximum atomic E-state index is 4.29. The Balaban J connectivity index is 0.000000231. The number of anilines is 1. The normalized spacial score (nSPS) is 8.95. The van der Waals surface area contributed by atoms with Gasteiger partial charge in [-0.1, -0.05) is 13.8 Å². The number of benzene rings is 1. The third-order valence-corrected chi connectivity index (χ3v) is 2.73. The van der Waals surface area contributed by atoms with Gasteiger partial charge in [-0.25, -0.2) is 9.97 Å². The zero-order chi connectivity index (χ0) is 15.5. The highest BCUT2D eigenvalue weighted by atomic mass is 14.8. The topological polar surface area (TPSA) is 50.7 Å². The third-order valence-electron chi connectivity index (χ3n) is 2.73. The highest BCUT2D eigenvalue weighted by Gasteiger charge is 1.97. The molecule has 2 heterocycles. The van der Waals surface area contributed by atoms with Crippen LogP contribution < -0.4 is 5.32 Å². The van der Waals surface area contributed by atoms with Gasteiger partial charge in [0.1, 0.15) is 6.33 Å². The van der Waals surface area contributed by atoms with Crippen LogP contribution in [-0.2, 0) is 0 Å². The van der Waals surface area contributed by atoms with Crippen molar-refractivity contribution in [1.29, 1.82) is 0 Å². The van der Waals surface area contributed by atoms with E-state index in [1.807, 2.05) is 45.3 Å². The second kappa shape index (κ2) is 9.42. The van der Waals surface area contributed by atoms with Crippen LogP contribution in [0.5, 0.6) is 0 Å².